The number of carbonyl (C=O) groups is 1. The van der Waals surface area contributed by atoms with Crippen molar-refractivity contribution in [3.63, 3.8) is 0 Å². The van der Waals surface area contributed by atoms with Gasteiger partial charge in [-0.1, -0.05) is 355 Å². The lowest BCUT2D eigenvalue weighted by Crippen LogP contribution is -2.60. The van der Waals surface area contributed by atoms with Crippen LogP contribution in [0.4, 0.5) is 0 Å². The molecule has 1 rings (SSSR count). The van der Waals surface area contributed by atoms with Crippen LogP contribution in [-0.2, 0) is 14.3 Å². The van der Waals surface area contributed by atoms with Crippen LogP contribution >= 0.6 is 0 Å². The number of nitrogens with one attached hydrogen (secondary N) is 1. The van der Waals surface area contributed by atoms with Crippen molar-refractivity contribution in [2.45, 2.75) is 397 Å². The highest BCUT2D eigenvalue weighted by Crippen LogP contribution is 2.23. The van der Waals surface area contributed by atoms with E-state index in [0.717, 1.165) is 77.0 Å². The summed E-state index contributed by atoms with van der Waals surface area (Å²) in [5, 5.41) is 54.8. The summed E-state index contributed by atoms with van der Waals surface area (Å²) in [5.74, 6) is -0.188. The maximum absolute atomic E-state index is 13.2. The van der Waals surface area contributed by atoms with Gasteiger partial charge in [-0.3, -0.25) is 4.79 Å². The van der Waals surface area contributed by atoms with Gasteiger partial charge in [-0.25, -0.2) is 0 Å². The van der Waals surface area contributed by atoms with E-state index in [1.165, 1.54) is 257 Å². The molecule has 9 nitrogen and oxygen atoms in total. The number of rotatable bonds is 67. The average Bonchev–Trinajstić information content (AvgIpc) is 1.28. The third-order valence-electron chi connectivity index (χ3n) is 17.9. The van der Waals surface area contributed by atoms with Crippen molar-refractivity contribution in [2.24, 2.45) is 0 Å². The lowest BCUT2D eigenvalue weighted by molar-refractivity contribution is -0.302. The van der Waals surface area contributed by atoms with Crippen LogP contribution in [0.3, 0.4) is 0 Å². The molecule has 0 radical (unpaired) electrons. The molecule has 1 amide bonds. The molecule has 0 saturated carbocycles. The summed E-state index contributed by atoms with van der Waals surface area (Å²) < 4.78 is 11.3. The number of amides is 1. The van der Waals surface area contributed by atoms with Crippen molar-refractivity contribution in [3.05, 3.63) is 97.2 Å². The van der Waals surface area contributed by atoms with Gasteiger partial charge in [0.1, 0.15) is 24.4 Å². The van der Waals surface area contributed by atoms with Crippen molar-refractivity contribution in [2.75, 3.05) is 13.2 Å². The average molecular weight is 1260 g/mol. The lowest BCUT2D eigenvalue weighted by Gasteiger charge is -2.40. The molecule has 522 valence electrons. The Morgan fingerprint density at radius 3 is 1.07 bits per heavy atom. The molecule has 1 aliphatic heterocycles. The number of unbranched alkanes of at least 4 members (excludes halogenated alkanes) is 43. The van der Waals surface area contributed by atoms with Gasteiger partial charge in [-0.15, -0.1) is 0 Å². The van der Waals surface area contributed by atoms with Crippen molar-refractivity contribution in [1.82, 2.24) is 5.32 Å². The van der Waals surface area contributed by atoms with E-state index in [1.807, 2.05) is 6.08 Å². The van der Waals surface area contributed by atoms with E-state index in [2.05, 4.69) is 104 Å². The second kappa shape index (κ2) is 69.0. The summed E-state index contributed by atoms with van der Waals surface area (Å²) >= 11 is 0. The summed E-state index contributed by atoms with van der Waals surface area (Å²) in [6.07, 6.45) is 94.0. The number of aliphatic hydroxyl groups is 5. The number of carbonyl (C=O) groups excluding carboxylic acids is 1. The van der Waals surface area contributed by atoms with E-state index in [4.69, 9.17) is 9.47 Å². The minimum Gasteiger partial charge on any atom is -0.394 e. The standard InChI is InChI=1S/C81H145NO8/c1-3-5-7-9-11-13-15-17-19-21-23-25-27-29-31-33-35-37-38-39-41-43-45-47-49-51-53-55-57-59-61-63-65-67-69-71-77(85)82-74(73-89-81-80(88)79(87)78(86)76(72-83)90-81)75(84)70-68-66-64-62-60-58-56-54-52-50-48-46-44-42-40-36-34-32-30-28-26-24-22-20-18-16-14-12-10-8-6-4-2/h5,7,11,13,17,19,23,25,29,31,52,54,60,62,68,70,74-76,78-81,83-84,86-88H,3-4,6,8-10,12,14-16,18,20-22,24,26-28,30,32-51,53,55-59,61,63-67,69,71-73H2,1-2H3,(H,82,85)/b7-5-,13-11-,19-17-,25-23-,31-29-,54-52+,62-60+,70-68+. The van der Waals surface area contributed by atoms with Gasteiger partial charge < -0.3 is 40.3 Å². The molecule has 1 saturated heterocycles. The fraction of sp³-hybridized carbons (Fsp3) is 0.790. The molecule has 7 unspecified atom stereocenters. The molecule has 0 aromatic rings. The molecule has 7 atom stereocenters. The molecule has 0 aliphatic carbocycles. The molecule has 0 aromatic carbocycles. The van der Waals surface area contributed by atoms with Gasteiger partial charge in [-0.05, 0) is 89.9 Å². The Morgan fingerprint density at radius 2 is 0.700 bits per heavy atom. The summed E-state index contributed by atoms with van der Waals surface area (Å²) in [6, 6.07) is -0.834. The number of ether oxygens (including phenoxy) is 2. The molecule has 90 heavy (non-hydrogen) atoms. The van der Waals surface area contributed by atoms with E-state index in [0.29, 0.717) is 6.42 Å². The van der Waals surface area contributed by atoms with Crippen molar-refractivity contribution >= 4 is 5.91 Å². The largest absolute Gasteiger partial charge is 0.394 e. The summed E-state index contributed by atoms with van der Waals surface area (Å²) in [6.45, 7) is 3.69. The number of allylic oxidation sites excluding steroid dienone is 15. The second-order valence-electron chi connectivity index (χ2n) is 26.4. The third kappa shape index (κ3) is 56.6. The van der Waals surface area contributed by atoms with Crippen LogP contribution < -0.4 is 5.32 Å². The molecule has 1 fully saturated rings. The van der Waals surface area contributed by atoms with Gasteiger partial charge in [-0.2, -0.15) is 0 Å². The molecule has 0 spiro atoms. The number of hydrogen-bond donors (Lipinski definition) is 6. The predicted octanol–water partition coefficient (Wildman–Crippen LogP) is 21.8. The Balaban J connectivity index is 2.12. The first-order chi connectivity index (χ1) is 44.3. The fourth-order valence-electron chi connectivity index (χ4n) is 11.9. The van der Waals surface area contributed by atoms with Crippen LogP contribution in [0.5, 0.6) is 0 Å². The molecule has 0 bridgehead atoms. The van der Waals surface area contributed by atoms with Gasteiger partial charge in [0.15, 0.2) is 6.29 Å². The summed E-state index contributed by atoms with van der Waals surface area (Å²) in [4.78, 5) is 13.2. The third-order valence-corrected chi connectivity index (χ3v) is 17.9. The van der Waals surface area contributed by atoms with Crippen molar-refractivity contribution in [3.8, 4) is 0 Å². The number of hydrogen-bond acceptors (Lipinski definition) is 8. The minimum atomic E-state index is -1.58. The Hall–Kier alpha value is -2.89. The van der Waals surface area contributed by atoms with Crippen molar-refractivity contribution < 1.29 is 39.8 Å². The topological polar surface area (TPSA) is 149 Å². The van der Waals surface area contributed by atoms with E-state index >= 15 is 0 Å². The Labute approximate surface area is 555 Å². The fourth-order valence-corrected chi connectivity index (χ4v) is 11.9. The molecule has 6 N–H and O–H groups in total. The molecule has 1 heterocycles. The second-order valence-corrected chi connectivity index (χ2v) is 26.4. The molecule has 9 heteroatoms. The monoisotopic (exact) mass is 1260 g/mol. The van der Waals surface area contributed by atoms with E-state index < -0.39 is 49.5 Å². The molecular formula is C81H145NO8. The molecule has 1 aliphatic rings. The van der Waals surface area contributed by atoms with E-state index in [1.54, 1.807) is 6.08 Å². The maximum Gasteiger partial charge on any atom is 0.220 e. The zero-order chi connectivity index (χ0) is 64.9. The Kier molecular flexibility index (Phi) is 65.2. The summed E-state index contributed by atoms with van der Waals surface area (Å²) in [7, 11) is 0. The predicted molar refractivity (Wildman–Crippen MR) is 387 cm³/mol. The molecule has 0 aromatic heterocycles. The quantitative estimate of drug-likeness (QED) is 0.0261. The first-order valence-electron chi connectivity index (χ1n) is 38.5. The van der Waals surface area contributed by atoms with Crippen LogP contribution in [0.1, 0.15) is 354 Å². The normalized spacial score (nSPS) is 18.3. The van der Waals surface area contributed by atoms with Gasteiger partial charge >= 0.3 is 0 Å². The maximum atomic E-state index is 13.2. The van der Waals surface area contributed by atoms with Gasteiger partial charge in [0, 0.05) is 6.42 Å². The lowest BCUT2D eigenvalue weighted by atomic mass is 9.99. The highest BCUT2D eigenvalue weighted by atomic mass is 16.7. The van der Waals surface area contributed by atoms with Gasteiger partial charge in [0.2, 0.25) is 5.91 Å². The van der Waals surface area contributed by atoms with E-state index in [-0.39, 0.29) is 12.5 Å². The SMILES string of the molecule is CC/C=C\C/C=C\C/C=C\C/C=C\C/C=C\CCCCCCCCCCCCCCCCCCCCCC(=O)NC(COC1OC(CO)C(O)C(O)C1O)C(O)/C=C/CC/C=C/CC/C=C/CCCCCCCCCCCCCCCCCCCCCCCC. The summed E-state index contributed by atoms with van der Waals surface area (Å²) in [5.41, 5.74) is 0. The number of aliphatic hydroxyl groups excluding tert-OH is 5. The smallest absolute Gasteiger partial charge is 0.220 e. The van der Waals surface area contributed by atoms with Crippen LogP contribution in [0.15, 0.2) is 97.2 Å². The van der Waals surface area contributed by atoms with Crippen LogP contribution in [0, 0.1) is 0 Å². The van der Waals surface area contributed by atoms with E-state index in [9.17, 15) is 30.3 Å². The minimum absolute atomic E-state index is 0.188. The first kappa shape index (κ1) is 85.1. The molecular weight excluding hydrogens is 1110 g/mol. The Morgan fingerprint density at radius 1 is 0.389 bits per heavy atom. The van der Waals surface area contributed by atoms with Gasteiger partial charge in [0.25, 0.3) is 0 Å². The van der Waals surface area contributed by atoms with Crippen LogP contribution in [0.2, 0.25) is 0 Å². The zero-order valence-corrected chi connectivity index (χ0v) is 58.6. The van der Waals surface area contributed by atoms with Crippen molar-refractivity contribution in [1.29, 1.82) is 0 Å². The Bertz CT molecular complexity index is 1750. The highest BCUT2D eigenvalue weighted by molar-refractivity contribution is 5.76. The highest BCUT2D eigenvalue weighted by Gasteiger charge is 2.44. The van der Waals surface area contributed by atoms with Crippen LogP contribution in [-0.4, -0.2) is 87.5 Å². The van der Waals surface area contributed by atoms with Crippen LogP contribution in [0.25, 0.3) is 0 Å². The zero-order valence-electron chi connectivity index (χ0n) is 58.6. The first-order valence-corrected chi connectivity index (χ1v) is 38.5. The van der Waals surface area contributed by atoms with Gasteiger partial charge in [0.05, 0.1) is 25.4 Å².